The number of rotatable bonds is 4. The van der Waals surface area contributed by atoms with Crippen LogP contribution in [0.4, 0.5) is 10.1 Å². The van der Waals surface area contributed by atoms with Crippen molar-refractivity contribution in [2.45, 2.75) is 23.8 Å². The fraction of sp³-hybridized carbons (Fsp3) is 0.500. The molecule has 0 aromatic heterocycles. The summed E-state index contributed by atoms with van der Waals surface area (Å²) in [7, 11) is -2.74. The maximum Gasteiger partial charge on any atom is 0.324 e. The predicted octanol–water partition coefficient (Wildman–Crippen LogP) is 1.53. The van der Waals surface area contributed by atoms with Crippen LogP contribution in [0.5, 0.6) is 0 Å². The SMILES string of the molecule is CN(C1CCNCC1)S(=O)(=O)c1cccc(F)c1[N+](=O)[O-].Cl. The van der Waals surface area contributed by atoms with Gasteiger partial charge in [0.1, 0.15) is 0 Å². The van der Waals surface area contributed by atoms with E-state index >= 15 is 0 Å². The number of para-hydroxylation sites is 1. The quantitative estimate of drug-likeness (QED) is 0.654. The van der Waals surface area contributed by atoms with Crippen molar-refractivity contribution < 1.29 is 17.7 Å². The van der Waals surface area contributed by atoms with Crippen LogP contribution in [0.15, 0.2) is 23.1 Å². The van der Waals surface area contributed by atoms with E-state index in [1.54, 1.807) is 0 Å². The first-order chi connectivity index (χ1) is 9.85. The molecule has 7 nitrogen and oxygen atoms in total. The lowest BCUT2D eigenvalue weighted by Crippen LogP contribution is -2.44. The number of piperidine rings is 1. The van der Waals surface area contributed by atoms with Gasteiger partial charge >= 0.3 is 5.69 Å². The molecule has 0 unspecified atom stereocenters. The minimum absolute atomic E-state index is 0. The van der Waals surface area contributed by atoms with E-state index in [2.05, 4.69) is 5.32 Å². The lowest BCUT2D eigenvalue weighted by molar-refractivity contribution is -0.390. The van der Waals surface area contributed by atoms with Gasteiger partial charge in [-0.25, -0.2) is 8.42 Å². The lowest BCUT2D eigenvalue weighted by atomic mass is 10.1. The minimum Gasteiger partial charge on any atom is -0.317 e. The number of benzene rings is 1. The Morgan fingerprint density at radius 3 is 2.50 bits per heavy atom. The molecule has 22 heavy (non-hydrogen) atoms. The molecule has 124 valence electrons. The molecule has 0 bridgehead atoms. The summed E-state index contributed by atoms with van der Waals surface area (Å²) in [5.41, 5.74) is -1.00. The number of hydrogen-bond acceptors (Lipinski definition) is 5. The first-order valence-corrected chi connectivity index (χ1v) is 7.91. The van der Waals surface area contributed by atoms with Gasteiger partial charge in [0.15, 0.2) is 4.90 Å². The summed E-state index contributed by atoms with van der Waals surface area (Å²) in [4.78, 5) is 9.36. The molecule has 0 saturated carbocycles. The van der Waals surface area contributed by atoms with Gasteiger partial charge in [0.25, 0.3) is 0 Å². The molecule has 1 aromatic rings. The fourth-order valence-corrected chi connectivity index (χ4v) is 3.98. The van der Waals surface area contributed by atoms with Crippen LogP contribution >= 0.6 is 12.4 Å². The number of nitrogens with zero attached hydrogens (tertiary/aromatic N) is 2. The lowest BCUT2D eigenvalue weighted by Gasteiger charge is -2.30. The normalized spacial score (nSPS) is 16.3. The van der Waals surface area contributed by atoms with Gasteiger partial charge in [-0.3, -0.25) is 10.1 Å². The van der Waals surface area contributed by atoms with Crippen LogP contribution in [0.3, 0.4) is 0 Å². The highest BCUT2D eigenvalue weighted by atomic mass is 35.5. The molecule has 1 fully saturated rings. The molecular weight excluding hydrogens is 337 g/mol. The van der Waals surface area contributed by atoms with Crippen LogP contribution in [0.2, 0.25) is 0 Å². The molecule has 0 aliphatic carbocycles. The second-order valence-electron chi connectivity index (χ2n) is 4.85. The van der Waals surface area contributed by atoms with E-state index in [0.717, 1.165) is 22.5 Å². The number of halogens is 2. The zero-order chi connectivity index (χ0) is 15.6. The smallest absolute Gasteiger partial charge is 0.317 e. The Hall–Kier alpha value is -1.29. The highest BCUT2D eigenvalue weighted by Gasteiger charge is 2.35. The summed E-state index contributed by atoms with van der Waals surface area (Å²) in [6, 6.07) is 2.85. The van der Waals surface area contributed by atoms with Crippen LogP contribution in [0.25, 0.3) is 0 Å². The number of sulfonamides is 1. The third-order valence-electron chi connectivity index (χ3n) is 3.61. The van der Waals surface area contributed by atoms with Gasteiger partial charge in [0, 0.05) is 13.1 Å². The first-order valence-electron chi connectivity index (χ1n) is 6.47. The standard InChI is InChI=1S/C12H16FN3O4S.ClH/c1-15(9-5-7-14-8-6-9)21(19,20)11-4-2-3-10(13)12(11)16(17)18;/h2-4,9,14H,5-8H2,1H3;1H. The molecule has 0 spiro atoms. The van der Waals surface area contributed by atoms with E-state index in [4.69, 9.17) is 0 Å². The summed E-state index contributed by atoms with van der Waals surface area (Å²) in [6.07, 6.45) is 1.22. The largest absolute Gasteiger partial charge is 0.324 e. The molecule has 1 heterocycles. The predicted molar refractivity (Wildman–Crippen MR) is 81.1 cm³/mol. The van der Waals surface area contributed by atoms with Crippen molar-refractivity contribution in [1.82, 2.24) is 9.62 Å². The van der Waals surface area contributed by atoms with E-state index in [0.29, 0.717) is 25.9 Å². The van der Waals surface area contributed by atoms with Crippen LogP contribution in [0, 0.1) is 15.9 Å². The zero-order valence-corrected chi connectivity index (χ0v) is 13.5. The Labute approximate surface area is 134 Å². The van der Waals surface area contributed by atoms with E-state index in [1.165, 1.54) is 7.05 Å². The third-order valence-corrected chi connectivity index (χ3v) is 5.55. The summed E-state index contributed by atoms with van der Waals surface area (Å²) < 4.78 is 39.8. The van der Waals surface area contributed by atoms with Crippen LogP contribution in [-0.2, 0) is 10.0 Å². The van der Waals surface area contributed by atoms with Gasteiger partial charge in [-0.15, -0.1) is 12.4 Å². The second-order valence-corrected chi connectivity index (χ2v) is 6.81. The van der Waals surface area contributed by atoms with Crippen molar-refractivity contribution in [2.24, 2.45) is 0 Å². The molecule has 0 radical (unpaired) electrons. The van der Waals surface area contributed by atoms with Crippen molar-refractivity contribution in [1.29, 1.82) is 0 Å². The molecule has 1 N–H and O–H groups in total. The van der Waals surface area contributed by atoms with E-state index < -0.39 is 31.3 Å². The van der Waals surface area contributed by atoms with Crippen molar-refractivity contribution in [3.8, 4) is 0 Å². The molecular formula is C12H17ClFN3O4S. The maximum absolute atomic E-state index is 13.6. The monoisotopic (exact) mass is 353 g/mol. The average Bonchev–Trinajstić information content (AvgIpc) is 2.46. The summed E-state index contributed by atoms with van der Waals surface area (Å²) in [6.45, 7) is 1.35. The van der Waals surface area contributed by atoms with Crippen molar-refractivity contribution >= 4 is 28.1 Å². The van der Waals surface area contributed by atoms with Crippen molar-refractivity contribution in [3.63, 3.8) is 0 Å². The van der Waals surface area contributed by atoms with Crippen molar-refractivity contribution in [3.05, 3.63) is 34.1 Å². The highest BCUT2D eigenvalue weighted by Crippen LogP contribution is 2.30. The van der Waals surface area contributed by atoms with E-state index in [1.807, 2.05) is 0 Å². The van der Waals surface area contributed by atoms with Gasteiger partial charge in [-0.05, 0) is 38.1 Å². The van der Waals surface area contributed by atoms with Crippen LogP contribution in [0.1, 0.15) is 12.8 Å². The Balaban J connectivity index is 0.00000242. The van der Waals surface area contributed by atoms with Gasteiger partial charge in [-0.2, -0.15) is 8.70 Å². The Kier molecular flexibility index (Phi) is 6.24. The molecule has 1 aromatic carbocycles. The summed E-state index contributed by atoms with van der Waals surface area (Å²) in [5, 5.41) is 14.1. The Bertz CT molecular complexity index is 650. The molecule has 2 rings (SSSR count). The first kappa shape index (κ1) is 18.8. The molecule has 1 aliphatic rings. The van der Waals surface area contributed by atoms with E-state index in [9.17, 15) is 22.9 Å². The molecule has 1 aliphatic heterocycles. The number of nitro benzene ring substituents is 1. The number of nitro groups is 1. The highest BCUT2D eigenvalue weighted by molar-refractivity contribution is 7.89. The van der Waals surface area contributed by atoms with Crippen LogP contribution in [-0.4, -0.2) is 43.8 Å². The third kappa shape index (κ3) is 3.54. The molecule has 10 heteroatoms. The fourth-order valence-electron chi connectivity index (χ4n) is 2.40. The zero-order valence-electron chi connectivity index (χ0n) is 11.9. The van der Waals surface area contributed by atoms with Gasteiger partial charge < -0.3 is 5.32 Å². The minimum atomic E-state index is -4.11. The molecule has 0 atom stereocenters. The number of nitrogens with one attached hydrogen (secondary N) is 1. The van der Waals surface area contributed by atoms with Gasteiger partial charge in [-0.1, -0.05) is 6.07 Å². The number of hydrogen-bond donors (Lipinski definition) is 1. The van der Waals surface area contributed by atoms with Gasteiger partial charge in [0.2, 0.25) is 15.8 Å². The van der Waals surface area contributed by atoms with Crippen LogP contribution < -0.4 is 5.32 Å². The maximum atomic E-state index is 13.6. The Morgan fingerprint density at radius 2 is 1.95 bits per heavy atom. The van der Waals surface area contributed by atoms with Gasteiger partial charge in [0.05, 0.1) is 4.92 Å². The van der Waals surface area contributed by atoms with Crippen molar-refractivity contribution in [2.75, 3.05) is 20.1 Å². The van der Waals surface area contributed by atoms with E-state index in [-0.39, 0.29) is 18.4 Å². The summed E-state index contributed by atoms with van der Waals surface area (Å²) in [5.74, 6) is -1.15. The average molecular weight is 354 g/mol. The second kappa shape index (κ2) is 7.32. The molecule has 0 amide bonds. The topological polar surface area (TPSA) is 92.6 Å². The molecule has 1 saturated heterocycles. The summed E-state index contributed by atoms with van der Waals surface area (Å²) >= 11 is 0. The Morgan fingerprint density at radius 1 is 1.36 bits per heavy atom.